The summed E-state index contributed by atoms with van der Waals surface area (Å²) < 4.78 is 5.37. The Morgan fingerprint density at radius 2 is 1.82 bits per heavy atom. The van der Waals surface area contributed by atoms with Gasteiger partial charge in [0.25, 0.3) is 17.4 Å². The van der Waals surface area contributed by atoms with E-state index < -0.39 is 22.7 Å². The van der Waals surface area contributed by atoms with E-state index in [4.69, 9.17) is 4.74 Å². The second-order valence-electron chi connectivity index (χ2n) is 8.52. The van der Waals surface area contributed by atoms with Crippen LogP contribution in [0.5, 0.6) is 0 Å². The summed E-state index contributed by atoms with van der Waals surface area (Å²) in [6, 6.07) is 11.9. The summed E-state index contributed by atoms with van der Waals surface area (Å²) in [6.45, 7) is 5.84. The molecule has 2 fully saturated rings. The van der Waals surface area contributed by atoms with E-state index in [1.54, 1.807) is 30.3 Å². The molecule has 2 saturated heterocycles. The zero-order valence-corrected chi connectivity index (χ0v) is 19.0. The van der Waals surface area contributed by atoms with Crippen LogP contribution in [0.3, 0.4) is 0 Å². The third kappa shape index (κ3) is 4.85. The summed E-state index contributed by atoms with van der Waals surface area (Å²) in [7, 11) is 0. The van der Waals surface area contributed by atoms with Crippen LogP contribution in [0.4, 0.5) is 5.69 Å². The van der Waals surface area contributed by atoms with Crippen molar-refractivity contribution >= 4 is 23.1 Å². The number of carbonyl (C=O) groups excluding carboxylic acids is 2. The molecule has 0 spiro atoms. The quantitative estimate of drug-likeness (QED) is 0.220. The van der Waals surface area contributed by atoms with Crippen LogP contribution in [-0.2, 0) is 14.3 Å². The number of amides is 1. The molecule has 0 aliphatic carbocycles. The van der Waals surface area contributed by atoms with Crippen molar-refractivity contribution in [2.24, 2.45) is 0 Å². The van der Waals surface area contributed by atoms with E-state index in [1.807, 2.05) is 6.92 Å². The zero-order valence-electron chi connectivity index (χ0n) is 19.0. The summed E-state index contributed by atoms with van der Waals surface area (Å²) in [5, 5.41) is 22.5. The molecule has 1 N–H and O–H groups in total. The van der Waals surface area contributed by atoms with Crippen molar-refractivity contribution < 1.29 is 24.4 Å². The molecule has 2 aliphatic heterocycles. The van der Waals surface area contributed by atoms with Crippen molar-refractivity contribution in [1.82, 2.24) is 9.80 Å². The van der Waals surface area contributed by atoms with Crippen molar-refractivity contribution in [3.8, 4) is 0 Å². The van der Waals surface area contributed by atoms with Crippen LogP contribution in [0.25, 0.3) is 5.76 Å². The maximum Gasteiger partial charge on any atom is 0.295 e. The molecule has 1 unspecified atom stereocenters. The minimum atomic E-state index is -0.911. The molecule has 34 heavy (non-hydrogen) atoms. The Bertz CT molecular complexity index is 1120. The van der Waals surface area contributed by atoms with Gasteiger partial charge in [-0.25, -0.2) is 0 Å². The van der Waals surface area contributed by atoms with Gasteiger partial charge in [-0.2, -0.15) is 0 Å². The Morgan fingerprint density at radius 1 is 1.12 bits per heavy atom. The van der Waals surface area contributed by atoms with Crippen LogP contribution in [0.15, 0.2) is 54.1 Å². The van der Waals surface area contributed by atoms with E-state index in [1.165, 1.54) is 23.1 Å². The molecule has 0 saturated carbocycles. The number of nitro groups is 1. The topological polar surface area (TPSA) is 113 Å². The van der Waals surface area contributed by atoms with Gasteiger partial charge in [0, 0.05) is 43.9 Å². The Morgan fingerprint density at radius 3 is 2.50 bits per heavy atom. The number of hydrogen-bond donors (Lipinski definition) is 1. The summed E-state index contributed by atoms with van der Waals surface area (Å²) in [5.41, 5.74) is 1.60. The second-order valence-corrected chi connectivity index (χ2v) is 8.52. The fourth-order valence-corrected chi connectivity index (χ4v) is 4.42. The van der Waals surface area contributed by atoms with Gasteiger partial charge in [-0.3, -0.25) is 24.6 Å². The Kier molecular flexibility index (Phi) is 7.04. The maximum absolute atomic E-state index is 13.1. The summed E-state index contributed by atoms with van der Waals surface area (Å²) in [4.78, 5) is 40.7. The standard InChI is InChI=1S/C25H27N3O6/c1-17-6-8-18(9-7-17)23(29)21-22(19-4-2-5-20(16-19)28(32)33)27(25(31)24(21)30)11-3-10-26-12-14-34-15-13-26/h2,4-9,16,22,29H,3,10-15H2,1H3/b23-21+. The van der Waals surface area contributed by atoms with E-state index in [0.717, 1.165) is 25.2 Å². The number of ether oxygens (including phenoxy) is 1. The average Bonchev–Trinajstić information content (AvgIpc) is 3.10. The number of aliphatic hydroxyl groups is 1. The van der Waals surface area contributed by atoms with Crippen molar-refractivity contribution in [1.29, 1.82) is 0 Å². The van der Waals surface area contributed by atoms with Gasteiger partial charge in [0.05, 0.1) is 29.8 Å². The number of benzene rings is 2. The summed E-state index contributed by atoms with van der Waals surface area (Å²) in [5.74, 6) is -1.79. The summed E-state index contributed by atoms with van der Waals surface area (Å²) >= 11 is 0. The number of carbonyl (C=O) groups is 2. The number of non-ortho nitro benzene ring substituents is 1. The fraction of sp³-hybridized carbons (Fsp3) is 0.360. The molecule has 0 aromatic heterocycles. The minimum Gasteiger partial charge on any atom is -0.507 e. The van der Waals surface area contributed by atoms with E-state index in [0.29, 0.717) is 30.8 Å². The number of ketones is 1. The van der Waals surface area contributed by atoms with E-state index >= 15 is 0 Å². The van der Waals surface area contributed by atoms with Crippen LogP contribution < -0.4 is 0 Å². The first-order valence-electron chi connectivity index (χ1n) is 11.3. The Balaban J connectivity index is 1.70. The van der Waals surface area contributed by atoms with Gasteiger partial charge in [-0.1, -0.05) is 42.0 Å². The molecule has 2 aliphatic rings. The highest BCUT2D eigenvalue weighted by molar-refractivity contribution is 6.46. The largest absolute Gasteiger partial charge is 0.507 e. The molecular formula is C25H27N3O6. The van der Waals surface area contributed by atoms with E-state index in [2.05, 4.69) is 4.90 Å². The molecule has 1 atom stereocenters. The number of likely N-dealkylation sites (tertiary alicyclic amines) is 1. The predicted molar refractivity (Wildman–Crippen MR) is 125 cm³/mol. The molecule has 9 nitrogen and oxygen atoms in total. The zero-order chi connectivity index (χ0) is 24.2. The third-order valence-electron chi connectivity index (χ3n) is 6.24. The number of Topliss-reactive ketones (excluding diaryl/α,β-unsaturated/α-hetero) is 1. The first-order chi connectivity index (χ1) is 16.4. The molecule has 2 aromatic carbocycles. The molecule has 0 bridgehead atoms. The minimum absolute atomic E-state index is 0.0549. The molecule has 1 amide bonds. The number of aryl methyl sites for hydroxylation is 1. The lowest BCUT2D eigenvalue weighted by atomic mass is 9.94. The van der Waals surface area contributed by atoms with Gasteiger partial charge in [0.15, 0.2) is 0 Å². The SMILES string of the molecule is Cc1ccc(/C(O)=C2\C(=O)C(=O)N(CCCN3CCOCC3)C2c2cccc([N+](=O)[O-])c2)cc1. The number of aliphatic hydroxyl groups excluding tert-OH is 1. The number of nitro benzene ring substituents is 1. The summed E-state index contributed by atoms with van der Waals surface area (Å²) in [6.07, 6.45) is 0.614. The molecule has 178 valence electrons. The molecule has 0 radical (unpaired) electrons. The van der Waals surface area contributed by atoms with Crippen LogP contribution >= 0.6 is 0 Å². The van der Waals surface area contributed by atoms with Crippen molar-refractivity contribution in [3.63, 3.8) is 0 Å². The predicted octanol–water partition coefficient (Wildman–Crippen LogP) is 3.05. The Hall–Kier alpha value is -3.56. The van der Waals surface area contributed by atoms with Crippen LogP contribution in [0, 0.1) is 17.0 Å². The Labute approximate surface area is 197 Å². The highest BCUT2D eigenvalue weighted by atomic mass is 16.6. The monoisotopic (exact) mass is 465 g/mol. The van der Waals surface area contributed by atoms with Gasteiger partial charge in [-0.15, -0.1) is 0 Å². The normalized spacial score (nSPS) is 20.6. The second kappa shape index (κ2) is 10.1. The van der Waals surface area contributed by atoms with Crippen LogP contribution in [0.2, 0.25) is 0 Å². The van der Waals surface area contributed by atoms with E-state index in [-0.39, 0.29) is 23.6 Å². The first kappa shape index (κ1) is 23.6. The number of nitrogens with zero attached hydrogens (tertiary/aromatic N) is 3. The smallest absolute Gasteiger partial charge is 0.295 e. The molecular weight excluding hydrogens is 438 g/mol. The van der Waals surface area contributed by atoms with Crippen molar-refractivity contribution in [2.75, 3.05) is 39.4 Å². The molecule has 9 heteroatoms. The van der Waals surface area contributed by atoms with Gasteiger partial charge in [-0.05, 0) is 18.9 Å². The fourth-order valence-electron chi connectivity index (χ4n) is 4.42. The highest BCUT2D eigenvalue weighted by Gasteiger charge is 2.46. The average molecular weight is 466 g/mol. The number of rotatable bonds is 7. The van der Waals surface area contributed by atoms with Gasteiger partial charge >= 0.3 is 0 Å². The van der Waals surface area contributed by atoms with Gasteiger partial charge in [0.2, 0.25) is 0 Å². The third-order valence-corrected chi connectivity index (χ3v) is 6.24. The van der Waals surface area contributed by atoms with Crippen LogP contribution in [0.1, 0.15) is 29.2 Å². The molecule has 2 aromatic rings. The first-order valence-corrected chi connectivity index (χ1v) is 11.3. The van der Waals surface area contributed by atoms with Crippen molar-refractivity contribution in [3.05, 3.63) is 80.9 Å². The van der Waals surface area contributed by atoms with Gasteiger partial charge < -0.3 is 14.7 Å². The molecule has 4 rings (SSSR count). The maximum atomic E-state index is 13.1. The number of hydrogen-bond acceptors (Lipinski definition) is 7. The van der Waals surface area contributed by atoms with Gasteiger partial charge in [0.1, 0.15) is 5.76 Å². The number of morpholine rings is 1. The van der Waals surface area contributed by atoms with Crippen LogP contribution in [-0.4, -0.2) is 70.9 Å². The highest BCUT2D eigenvalue weighted by Crippen LogP contribution is 2.40. The molecule has 2 heterocycles. The lowest BCUT2D eigenvalue weighted by Crippen LogP contribution is -2.39. The van der Waals surface area contributed by atoms with Crippen molar-refractivity contribution in [2.45, 2.75) is 19.4 Å². The lowest BCUT2D eigenvalue weighted by Gasteiger charge is -2.29. The lowest BCUT2D eigenvalue weighted by molar-refractivity contribution is -0.384. The van der Waals surface area contributed by atoms with E-state index in [9.17, 15) is 24.8 Å².